The van der Waals surface area contributed by atoms with E-state index in [4.69, 9.17) is 0 Å². The van der Waals surface area contributed by atoms with Crippen LogP contribution in [0, 0.1) is 5.92 Å². The van der Waals surface area contributed by atoms with E-state index in [0.29, 0.717) is 0 Å². The summed E-state index contributed by atoms with van der Waals surface area (Å²) < 4.78 is 1.10. The molecule has 18 heavy (non-hydrogen) atoms. The maximum atomic E-state index is 11.7. The smallest absolute Gasteiger partial charge is 0.225 e. The quantitative estimate of drug-likeness (QED) is 0.886. The average molecular weight is 334 g/mol. The molecule has 1 amide bonds. The van der Waals surface area contributed by atoms with Gasteiger partial charge in [0.05, 0.1) is 5.92 Å². The minimum Gasteiger partial charge on any atom is -0.353 e. The van der Waals surface area contributed by atoms with Gasteiger partial charge < -0.3 is 10.6 Å². The number of carbonyl (C=O) groups is 1. The molecule has 1 aromatic rings. The molecule has 0 radical (unpaired) electrons. The number of rotatable bonds is 4. The Morgan fingerprint density at radius 3 is 2.72 bits per heavy atom. The SMILES string of the molecule is CC(Cc1ccccc1Br)NC(=O)C1CNC1.Cl. The van der Waals surface area contributed by atoms with Gasteiger partial charge in [-0.15, -0.1) is 12.4 Å². The number of hydrogen-bond acceptors (Lipinski definition) is 2. The Kier molecular flexibility index (Phi) is 6.12. The molecule has 1 fully saturated rings. The second kappa shape index (κ2) is 7.12. The summed E-state index contributed by atoms with van der Waals surface area (Å²) in [6, 6.07) is 8.29. The molecule has 100 valence electrons. The molecule has 0 saturated carbocycles. The van der Waals surface area contributed by atoms with Gasteiger partial charge in [0.25, 0.3) is 0 Å². The third-order valence-electron chi connectivity index (χ3n) is 3.02. The first-order chi connectivity index (χ1) is 8.16. The largest absolute Gasteiger partial charge is 0.353 e. The number of hydrogen-bond donors (Lipinski definition) is 2. The summed E-state index contributed by atoms with van der Waals surface area (Å²) in [6.45, 7) is 3.67. The Labute approximate surface area is 122 Å². The van der Waals surface area contributed by atoms with Gasteiger partial charge >= 0.3 is 0 Å². The zero-order valence-electron chi connectivity index (χ0n) is 10.3. The average Bonchev–Trinajstić information content (AvgIpc) is 2.18. The molecule has 3 nitrogen and oxygen atoms in total. The van der Waals surface area contributed by atoms with E-state index in [9.17, 15) is 4.79 Å². The maximum Gasteiger partial charge on any atom is 0.225 e. The molecule has 2 N–H and O–H groups in total. The third kappa shape index (κ3) is 3.97. The fourth-order valence-corrected chi connectivity index (χ4v) is 2.33. The molecule has 0 bridgehead atoms. The van der Waals surface area contributed by atoms with E-state index >= 15 is 0 Å². The van der Waals surface area contributed by atoms with Crippen molar-refractivity contribution in [3.8, 4) is 0 Å². The summed E-state index contributed by atoms with van der Waals surface area (Å²) in [6.07, 6.45) is 0.854. The molecular formula is C13H18BrClN2O. The molecule has 0 aromatic heterocycles. The molecule has 1 saturated heterocycles. The van der Waals surface area contributed by atoms with Crippen LogP contribution in [0.1, 0.15) is 12.5 Å². The summed E-state index contributed by atoms with van der Waals surface area (Å²) >= 11 is 3.52. The normalized spacial score (nSPS) is 16.3. The third-order valence-corrected chi connectivity index (χ3v) is 3.80. The molecule has 5 heteroatoms. The molecule has 1 aliphatic heterocycles. The molecule has 1 atom stereocenters. The van der Waals surface area contributed by atoms with Crippen molar-refractivity contribution in [3.05, 3.63) is 34.3 Å². The van der Waals surface area contributed by atoms with E-state index < -0.39 is 0 Å². The molecule has 0 aliphatic carbocycles. The minimum absolute atomic E-state index is 0. The first-order valence-corrected chi connectivity index (χ1v) is 6.70. The highest BCUT2D eigenvalue weighted by atomic mass is 79.9. The van der Waals surface area contributed by atoms with E-state index in [1.165, 1.54) is 5.56 Å². The van der Waals surface area contributed by atoms with E-state index in [2.05, 4.69) is 32.6 Å². The van der Waals surface area contributed by atoms with Crippen LogP contribution >= 0.6 is 28.3 Å². The van der Waals surface area contributed by atoms with Crippen molar-refractivity contribution in [2.75, 3.05) is 13.1 Å². The van der Waals surface area contributed by atoms with Crippen LogP contribution in [0.25, 0.3) is 0 Å². The van der Waals surface area contributed by atoms with Crippen molar-refractivity contribution in [2.45, 2.75) is 19.4 Å². The van der Waals surface area contributed by atoms with Crippen LogP contribution in [0.5, 0.6) is 0 Å². The highest BCUT2D eigenvalue weighted by molar-refractivity contribution is 9.10. The summed E-state index contributed by atoms with van der Waals surface area (Å²) in [5, 5.41) is 6.16. The lowest BCUT2D eigenvalue weighted by molar-refractivity contribution is -0.127. The fraction of sp³-hybridized carbons (Fsp3) is 0.462. The maximum absolute atomic E-state index is 11.7. The van der Waals surface area contributed by atoms with Gasteiger partial charge in [-0.3, -0.25) is 4.79 Å². The second-order valence-electron chi connectivity index (χ2n) is 4.56. The Morgan fingerprint density at radius 2 is 2.17 bits per heavy atom. The van der Waals surface area contributed by atoms with Crippen molar-refractivity contribution >= 4 is 34.2 Å². The number of halogens is 2. The standard InChI is InChI=1S/C13H17BrN2O.ClH/c1-9(16-13(17)11-7-15-8-11)6-10-4-2-3-5-12(10)14;/h2-5,9,11,15H,6-8H2,1H3,(H,16,17);1H. The lowest BCUT2D eigenvalue weighted by Crippen LogP contribution is -2.52. The minimum atomic E-state index is 0. The topological polar surface area (TPSA) is 41.1 Å². The fourth-order valence-electron chi connectivity index (χ4n) is 1.88. The Morgan fingerprint density at radius 1 is 1.50 bits per heavy atom. The van der Waals surface area contributed by atoms with Crippen molar-refractivity contribution in [1.82, 2.24) is 10.6 Å². The highest BCUT2D eigenvalue weighted by Crippen LogP contribution is 2.17. The van der Waals surface area contributed by atoms with Crippen LogP contribution < -0.4 is 10.6 Å². The molecular weight excluding hydrogens is 316 g/mol. The van der Waals surface area contributed by atoms with Crippen LogP contribution in [-0.4, -0.2) is 25.0 Å². The van der Waals surface area contributed by atoms with Crippen LogP contribution in [0.3, 0.4) is 0 Å². The van der Waals surface area contributed by atoms with Gasteiger partial charge in [0.1, 0.15) is 0 Å². The summed E-state index contributed by atoms with van der Waals surface area (Å²) in [5.74, 6) is 0.333. The number of carbonyl (C=O) groups excluding carboxylic acids is 1. The molecule has 1 aliphatic rings. The summed E-state index contributed by atoms with van der Waals surface area (Å²) in [7, 11) is 0. The van der Waals surface area contributed by atoms with Crippen LogP contribution in [0.2, 0.25) is 0 Å². The number of nitrogens with one attached hydrogen (secondary N) is 2. The van der Waals surface area contributed by atoms with Gasteiger partial charge in [-0.25, -0.2) is 0 Å². The van der Waals surface area contributed by atoms with E-state index in [1.54, 1.807) is 0 Å². The van der Waals surface area contributed by atoms with Crippen LogP contribution in [0.15, 0.2) is 28.7 Å². The second-order valence-corrected chi connectivity index (χ2v) is 5.41. The summed E-state index contributed by atoms with van der Waals surface area (Å²) in [5.41, 5.74) is 1.23. The van der Waals surface area contributed by atoms with Gasteiger partial charge in [0.2, 0.25) is 5.91 Å². The van der Waals surface area contributed by atoms with Gasteiger partial charge in [0.15, 0.2) is 0 Å². The van der Waals surface area contributed by atoms with Gasteiger partial charge in [-0.2, -0.15) is 0 Å². The first-order valence-electron chi connectivity index (χ1n) is 5.91. The number of amides is 1. The zero-order valence-corrected chi connectivity index (χ0v) is 12.7. The highest BCUT2D eigenvalue weighted by Gasteiger charge is 2.25. The Balaban J connectivity index is 0.00000162. The monoisotopic (exact) mass is 332 g/mol. The van der Waals surface area contributed by atoms with Gasteiger partial charge in [-0.1, -0.05) is 34.1 Å². The first kappa shape index (κ1) is 15.5. The van der Waals surface area contributed by atoms with Crippen molar-refractivity contribution in [2.24, 2.45) is 5.92 Å². The van der Waals surface area contributed by atoms with Gasteiger partial charge in [-0.05, 0) is 25.0 Å². The van der Waals surface area contributed by atoms with Crippen LogP contribution in [0.4, 0.5) is 0 Å². The number of benzene rings is 1. The van der Waals surface area contributed by atoms with E-state index in [1.807, 2.05) is 25.1 Å². The van der Waals surface area contributed by atoms with Crippen molar-refractivity contribution in [1.29, 1.82) is 0 Å². The molecule has 1 unspecified atom stereocenters. The predicted octanol–water partition coefficient (Wildman–Crippen LogP) is 2.14. The summed E-state index contributed by atoms with van der Waals surface area (Å²) in [4.78, 5) is 11.7. The zero-order chi connectivity index (χ0) is 12.3. The molecule has 2 rings (SSSR count). The van der Waals surface area contributed by atoms with Crippen LogP contribution in [-0.2, 0) is 11.2 Å². The predicted molar refractivity (Wildman–Crippen MR) is 79.1 cm³/mol. The molecule has 1 aromatic carbocycles. The van der Waals surface area contributed by atoms with Crippen molar-refractivity contribution < 1.29 is 4.79 Å². The lowest BCUT2D eigenvalue weighted by Gasteiger charge is -2.27. The Hall–Kier alpha value is -0.580. The molecule has 1 heterocycles. The van der Waals surface area contributed by atoms with Crippen molar-refractivity contribution in [3.63, 3.8) is 0 Å². The molecule has 0 spiro atoms. The van der Waals surface area contributed by atoms with E-state index in [-0.39, 0.29) is 30.3 Å². The van der Waals surface area contributed by atoms with E-state index in [0.717, 1.165) is 24.0 Å². The Bertz CT molecular complexity index is 410. The lowest BCUT2D eigenvalue weighted by atomic mass is 10.0. The van der Waals surface area contributed by atoms with Gasteiger partial charge in [0, 0.05) is 23.6 Å².